The molecule has 1 atom stereocenters. The van der Waals surface area contributed by atoms with E-state index in [1.54, 1.807) is 23.0 Å². The highest BCUT2D eigenvalue weighted by Gasteiger charge is 2.24. The van der Waals surface area contributed by atoms with Gasteiger partial charge in [0.15, 0.2) is 11.2 Å². The molecule has 7 heteroatoms. The Balaban J connectivity index is 1.53. The quantitative estimate of drug-likeness (QED) is 0.485. The summed E-state index contributed by atoms with van der Waals surface area (Å²) in [6, 6.07) is 15.3. The highest BCUT2D eigenvalue weighted by molar-refractivity contribution is 6.30. The van der Waals surface area contributed by atoms with E-state index in [-0.39, 0.29) is 11.7 Å². The number of benzene rings is 2. The number of ether oxygens (including phenoxy) is 1. The van der Waals surface area contributed by atoms with Gasteiger partial charge in [0.1, 0.15) is 17.7 Å². The van der Waals surface area contributed by atoms with Crippen molar-refractivity contribution in [2.24, 2.45) is 0 Å². The highest BCUT2D eigenvalue weighted by atomic mass is 35.5. The number of aryl methyl sites for hydroxylation is 2. The van der Waals surface area contributed by atoms with E-state index in [4.69, 9.17) is 21.3 Å². The van der Waals surface area contributed by atoms with Crippen molar-refractivity contribution >= 4 is 22.8 Å². The van der Waals surface area contributed by atoms with E-state index in [0.717, 1.165) is 24.3 Å². The molecule has 2 aromatic carbocycles. The zero-order valence-electron chi connectivity index (χ0n) is 16.6. The number of nitrogens with zero attached hydrogens (tertiary/aromatic N) is 4. The first-order valence-corrected chi connectivity index (χ1v) is 10.5. The number of para-hydroxylation sites is 1. The lowest BCUT2D eigenvalue weighted by molar-refractivity contribution is 0.220. The van der Waals surface area contributed by atoms with Gasteiger partial charge < -0.3 is 9.30 Å². The molecule has 3 heterocycles. The topological polar surface area (TPSA) is 61.9 Å². The predicted octanol–water partition coefficient (Wildman–Crippen LogP) is 4.19. The van der Waals surface area contributed by atoms with Crippen LogP contribution >= 0.6 is 11.6 Å². The Morgan fingerprint density at radius 1 is 1.17 bits per heavy atom. The molecule has 4 aromatic rings. The van der Waals surface area contributed by atoms with Crippen LogP contribution in [-0.2, 0) is 19.4 Å². The van der Waals surface area contributed by atoms with Gasteiger partial charge in [-0.1, -0.05) is 29.8 Å². The van der Waals surface area contributed by atoms with Crippen LogP contribution < -0.4 is 10.3 Å². The maximum atomic E-state index is 13.3. The molecule has 6 nitrogen and oxygen atoms in total. The van der Waals surface area contributed by atoms with Crippen LogP contribution in [0.2, 0.25) is 5.02 Å². The molecular weight excluding hydrogens is 400 g/mol. The van der Waals surface area contributed by atoms with Crippen molar-refractivity contribution in [2.75, 3.05) is 0 Å². The number of imidazole rings is 1. The second-order valence-corrected chi connectivity index (χ2v) is 7.87. The lowest BCUT2D eigenvalue weighted by atomic mass is 10.1. The normalized spacial score (nSPS) is 15.3. The first kappa shape index (κ1) is 18.9. The molecule has 1 aliphatic heterocycles. The standard InChI is InChI=1S/C23H21ClN4O2/c1-2-27-14-25-21-22(27)26-20(28(23(21)29)17-9-7-16(24)8-10-17)12-11-18-13-15-5-3-4-6-19(15)30-18/h3-10,14,18H,2,11-13H2,1H3. The largest absolute Gasteiger partial charge is 0.490 e. The first-order valence-electron chi connectivity index (χ1n) is 10.1. The van der Waals surface area contributed by atoms with Gasteiger partial charge in [-0.3, -0.25) is 9.36 Å². The molecule has 0 aliphatic carbocycles. The molecule has 0 bridgehead atoms. The van der Waals surface area contributed by atoms with Crippen LogP contribution in [0.15, 0.2) is 59.7 Å². The van der Waals surface area contributed by atoms with E-state index >= 15 is 0 Å². The van der Waals surface area contributed by atoms with Crippen LogP contribution in [0.25, 0.3) is 16.9 Å². The minimum absolute atomic E-state index is 0.0738. The Morgan fingerprint density at radius 3 is 2.73 bits per heavy atom. The second-order valence-electron chi connectivity index (χ2n) is 7.44. The number of hydrogen-bond acceptors (Lipinski definition) is 4. The fourth-order valence-corrected chi connectivity index (χ4v) is 4.13. The lowest BCUT2D eigenvalue weighted by Crippen LogP contribution is -2.26. The third-order valence-electron chi connectivity index (χ3n) is 5.54. The SMILES string of the molecule is CCn1cnc2c(=O)n(-c3ccc(Cl)cc3)c(CCC3Cc4ccccc4O3)nc21. The Bertz CT molecular complexity index is 1250. The number of fused-ring (bicyclic) bond motifs is 2. The Hall–Kier alpha value is -3.12. The average Bonchev–Trinajstić information content (AvgIpc) is 3.36. The zero-order chi connectivity index (χ0) is 20.7. The molecule has 1 aliphatic rings. The van der Waals surface area contributed by atoms with Crippen molar-refractivity contribution in [3.8, 4) is 11.4 Å². The molecule has 0 saturated carbocycles. The van der Waals surface area contributed by atoms with Gasteiger partial charge in [-0.05, 0) is 49.2 Å². The Morgan fingerprint density at radius 2 is 1.97 bits per heavy atom. The summed E-state index contributed by atoms with van der Waals surface area (Å²) in [4.78, 5) is 22.5. The number of rotatable bonds is 5. The third kappa shape index (κ3) is 3.27. The molecule has 0 amide bonds. The van der Waals surface area contributed by atoms with Crippen molar-refractivity contribution in [2.45, 2.75) is 38.8 Å². The van der Waals surface area contributed by atoms with Gasteiger partial charge in [0.25, 0.3) is 5.56 Å². The van der Waals surface area contributed by atoms with Crippen LogP contribution in [0.5, 0.6) is 5.75 Å². The van der Waals surface area contributed by atoms with Crippen molar-refractivity contribution < 1.29 is 4.74 Å². The molecular formula is C23H21ClN4O2. The molecule has 30 heavy (non-hydrogen) atoms. The van der Waals surface area contributed by atoms with Crippen LogP contribution in [0.1, 0.15) is 24.7 Å². The summed E-state index contributed by atoms with van der Waals surface area (Å²) in [5.41, 5.74) is 2.79. The third-order valence-corrected chi connectivity index (χ3v) is 5.79. The van der Waals surface area contributed by atoms with Gasteiger partial charge in [0, 0.05) is 24.4 Å². The van der Waals surface area contributed by atoms with Gasteiger partial charge >= 0.3 is 0 Å². The lowest BCUT2D eigenvalue weighted by Gasteiger charge is -2.15. The summed E-state index contributed by atoms with van der Waals surface area (Å²) in [6.07, 6.45) is 3.99. The van der Waals surface area contributed by atoms with E-state index in [0.29, 0.717) is 35.0 Å². The van der Waals surface area contributed by atoms with Crippen molar-refractivity contribution in [1.82, 2.24) is 19.1 Å². The van der Waals surface area contributed by atoms with Crippen LogP contribution in [0, 0.1) is 0 Å². The maximum absolute atomic E-state index is 13.3. The molecule has 2 aromatic heterocycles. The minimum atomic E-state index is -0.167. The van der Waals surface area contributed by atoms with E-state index in [1.165, 1.54) is 5.56 Å². The van der Waals surface area contributed by atoms with Crippen molar-refractivity contribution in [3.63, 3.8) is 0 Å². The van der Waals surface area contributed by atoms with Gasteiger partial charge in [0.2, 0.25) is 0 Å². The molecule has 0 radical (unpaired) electrons. The predicted molar refractivity (Wildman–Crippen MR) is 117 cm³/mol. The molecule has 0 fully saturated rings. The Kier molecular flexibility index (Phi) is 4.79. The number of hydrogen-bond donors (Lipinski definition) is 0. The van der Waals surface area contributed by atoms with E-state index in [9.17, 15) is 4.79 Å². The fourth-order valence-electron chi connectivity index (χ4n) is 4.00. The van der Waals surface area contributed by atoms with Gasteiger partial charge in [-0.15, -0.1) is 0 Å². The summed E-state index contributed by atoms with van der Waals surface area (Å²) < 4.78 is 9.63. The van der Waals surface area contributed by atoms with Crippen molar-refractivity contribution in [3.05, 3.63) is 81.6 Å². The average molecular weight is 421 g/mol. The van der Waals surface area contributed by atoms with Crippen LogP contribution in [-0.4, -0.2) is 25.2 Å². The van der Waals surface area contributed by atoms with Crippen LogP contribution in [0.4, 0.5) is 0 Å². The summed E-state index contributed by atoms with van der Waals surface area (Å²) in [5.74, 6) is 1.65. The summed E-state index contributed by atoms with van der Waals surface area (Å²) in [5, 5.41) is 0.620. The summed E-state index contributed by atoms with van der Waals surface area (Å²) in [7, 11) is 0. The van der Waals surface area contributed by atoms with Crippen LogP contribution in [0.3, 0.4) is 0 Å². The second kappa shape index (κ2) is 7.61. The minimum Gasteiger partial charge on any atom is -0.490 e. The molecule has 1 unspecified atom stereocenters. The van der Waals surface area contributed by atoms with E-state index < -0.39 is 0 Å². The van der Waals surface area contributed by atoms with Gasteiger partial charge in [-0.2, -0.15) is 0 Å². The van der Waals surface area contributed by atoms with Gasteiger partial charge in [0.05, 0.1) is 12.0 Å². The Labute approximate surface area is 178 Å². The monoisotopic (exact) mass is 420 g/mol. The van der Waals surface area contributed by atoms with E-state index in [1.807, 2.05) is 41.8 Å². The van der Waals surface area contributed by atoms with Crippen molar-refractivity contribution in [1.29, 1.82) is 0 Å². The molecule has 152 valence electrons. The van der Waals surface area contributed by atoms with Gasteiger partial charge in [-0.25, -0.2) is 9.97 Å². The molecule has 0 saturated heterocycles. The highest BCUT2D eigenvalue weighted by Crippen LogP contribution is 2.30. The number of halogens is 1. The molecule has 0 N–H and O–H groups in total. The number of aromatic nitrogens is 4. The fraction of sp³-hybridized carbons (Fsp3) is 0.261. The summed E-state index contributed by atoms with van der Waals surface area (Å²) >= 11 is 6.05. The molecule has 5 rings (SSSR count). The smallest absolute Gasteiger partial charge is 0.286 e. The van der Waals surface area contributed by atoms with E-state index in [2.05, 4.69) is 11.1 Å². The maximum Gasteiger partial charge on any atom is 0.286 e. The molecule has 0 spiro atoms. The summed E-state index contributed by atoms with van der Waals surface area (Å²) in [6.45, 7) is 2.71. The zero-order valence-corrected chi connectivity index (χ0v) is 17.3. The first-order chi connectivity index (χ1) is 14.6.